The molecule has 1 amide bonds. The van der Waals surface area contributed by atoms with E-state index in [4.69, 9.17) is 9.47 Å². The summed E-state index contributed by atoms with van der Waals surface area (Å²) in [5.74, 6) is 0.0611. The van der Waals surface area contributed by atoms with E-state index in [9.17, 15) is 14.4 Å². The summed E-state index contributed by atoms with van der Waals surface area (Å²) in [6.07, 6.45) is 1.48. The fourth-order valence-corrected chi connectivity index (χ4v) is 6.24. The fraction of sp³-hybridized carbons (Fsp3) is 0.355. The molecule has 3 aromatic rings. The van der Waals surface area contributed by atoms with Gasteiger partial charge in [-0.1, -0.05) is 51.5 Å². The van der Waals surface area contributed by atoms with Crippen LogP contribution in [0, 0.1) is 0 Å². The van der Waals surface area contributed by atoms with Gasteiger partial charge in [0.25, 0.3) is 11.5 Å². The molecule has 2 aliphatic heterocycles. The van der Waals surface area contributed by atoms with Gasteiger partial charge in [-0.3, -0.25) is 14.2 Å². The van der Waals surface area contributed by atoms with Crippen molar-refractivity contribution in [1.82, 2.24) is 14.4 Å². The van der Waals surface area contributed by atoms with Crippen LogP contribution in [0.5, 0.6) is 5.75 Å². The maximum Gasteiger partial charge on any atom is 0.338 e. The predicted octanol–water partition coefficient (Wildman–Crippen LogP) is 3.10. The minimum absolute atomic E-state index is 0.0152. The van der Waals surface area contributed by atoms with Gasteiger partial charge in [0.2, 0.25) is 0 Å². The Balaban J connectivity index is 1.41. The molecule has 1 aromatic heterocycles. The highest BCUT2D eigenvalue weighted by molar-refractivity contribution is 9.10. The van der Waals surface area contributed by atoms with E-state index in [-0.39, 0.29) is 24.2 Å². The lowest BCUT2D eigenvalue weighted by molar-refractivity contribution is -0.143. The SMILES string of the molecule is CC1=C(C(=O)OC(C)C)C(c2ccc(Br)cc2)n2c(s/c(=C\c3ccc(OCC(=O)N4CCN(C)CC4)cc3)c2=O)=N1. The number of rotatable bonds is 7. The second-order valence-corrected chi connectivity index (χ2v) is 12.6. The molecule has 1 atom stereocenters. The van der Waals surface area contributed by atoms with Gasteiger partial charge in [-0.15, -0.1) is 0 Å². The Morgan fingerprint density at radius 1 is 1.07 bits per heavy atom. The molecule has 9 nitrogen and oxygen atoms in total. The van der Waals surface area contributed by atoms with E-state index in [1.54, 1.807) is 43.5 Å². The normalized spacial score (nSPS) is 17.7. The third-order valence-electron chi connectivity index (χ3n) is 7.17. The van der Waals surface area contributed by atoms with Crippen molar-refractivity contribution < 1.29 is 19.1 Å². The number of halogens is 1. The van der Waals surface area contributed by atoms with Gasteiger partial charge in [-0.25, -0.2) is 9.79 Å². The average Bonchev–Trinajstić information content (AvgIpc) is 3.26. The lowest BCUT2D eigenvalue weighted by atomic mass is 9.96. The van der Waals surface area contributed by atoms with Crippen LogP contribution >= 0.6 is 27.3 Å². The molecule has 0 spiro atoms. The molecule has 11 heteroatoms. The lowest BCUT2D eigenvalue weighted by Gasteiger charge is -2.32. The van der Waals surface area contributed by atoms with Gasteiger partial charge >= 0.3 is 5.97 Å². The predicted molar refractivity (Wildman–Crippen MR) is 165 cm³/mol. The van der Waals surface area contributed by atoms with Crippen LogP contribution in [0.4, 0.5) is 0 Å². The van der Waals surface area contributed by atoms with E-state index in [0.29, 0.717) is 39.4 Å². The summed E-state index contributed by atoms with van der Waals surface area (Å²) in [6, 6.07) is 14.1. The van der Waals surface area contributed by atoms with Crippen LogP contribution in [0.3, 0.4) is 0 Å². The van der Waals surface area contributed by atoms with Crippen LogP contribution in [0.2, 0.25) is 0 Å². The number of esters is 1. The highest BCUT2D eigenvalue weighted by Crippen LogP contribution is 2.31. The number of nitrogens with zero attached hydrogens (tertiary/aromatic N) is 4. The van der Waals surface area contributed by atoms with Crippen molar-refractivity contribution in [3.8, 4) is 5.75 Å². The summed E-state index contributed by atoms with van der Waals surface area (Å²) in [4.78, 5) is 48.7. The molecule has 0 radical (unpaired) electrons. The highest BCUT2D eigenvalue weighted by Gasteiger charge is 2.33. The molecule has 1 unspecified atom stereocenters. The standard InChI is InChI=1S/C31H33BrN4O5S/c1-19(2)41-30(39)27-20(3)33-31-36(28(27)22-7-9-23(32)10-8-22)29(38)25(42-31)17-21-5-11-24(12-6-21)40-18-26(37)35-15-13-34(4)14-16-35/h5-12,17,19,28H,13-16,18H2,1-4H3/b25-17-. The van der Waals surface area contributed by atoms with Crippen molar-refractivity contribution in [1.29, 1.82) is 0 Å². The molecule has 2 aromatic carbocycles. The Labute approximate surface area is 256 Å². The Morgan fingerprint density at radius 2 is 1.74 bits per heavy atom. The summed E-state index contributed by atoms with van der Waals surface area (Å²) in [6.45, 7) is 8.47. The zero-order valence-corrected chi connectivity index (χ0v) is 26.4. The number of ether oxygens (including phenoxy) is 2. The van der Waals surface area contributed by atoms with Crippen molar-refractivity contribution in [3.05, 3.63) is 95.1 Å². The second-order valence-electron chi connectivity index (χ2n) is 10.6. The van der Waals surface area contributed by atoms with E-state index in [1.807, 2.05) is 48.3 Å². The Morgan fingerprint density at radius 3 is 2.38 bits per heavy atom. The number of amides is 1. The van der Waals surface area contributed by atoms with Gasteiger partial charge in [0, 0.05) is 30.7 Å². The number of carbonyl (C=O) groups excluding carboxylic acids is 2. The molecular weight excluding hydrogens is 620 g/mol. The molecule has 0 aliphatic carbocycles. The maximum atomic E-state index is 13.8. The number of carbonyl (C=O) groups is 2. The molecule has 3 heterocycles. The largest absolute Gasteiger partial charge is 0.484 e. The first-order chi connectivity index (χ1) is 20.1. The Bertz CT molecular complexity index is 1680. The number of piperazine rings is 1. The van der Waals surface area contributed by atoms with E-state index < -0.39 is 12.0 Å². The molecule has 5 rings (SSSR count). The maximum absolute atomic E-state index is 13.8. The Kier molecular flexibility index (Phi) is 9.10. The number of allylic oxidation sites excluding steroid dienone is 1. The summed E-state index contributed by atoms with van der Waals surface area (Å²) >= 11 is 4.74. The molecule has 2 aliphatic rings. The van der Waals surface area contributed by atoms with Crippen LogP contribution in [-0.2, 0) is 14.3 Å². The first kappa shape index (κ1) is 29.9. The monoisotopic (exact) mass is 652 g/mol. The lowest BCUT2D eigenvalue weighted by Crippen LogP contribution is -2.48. The molecule has 1 saturated heterocycles. The Hall–Kier alpha value is -3.54. The number of aromatic nitrogens is 1. The van der Waals surface area contributed by atoms with Crippen LogP contribution < -0.4 is 19.6 Å². The van der Waals surface area contributed by atoms with E-state index in [2.05, 4.69) is 25.8 Å². The highest BCUT2D eigenvalue weighted by atomic mass is 79.9. The number of fused-ring (bicyclic) bond motifs is 1. The average molecular weight is 654 g/mol. The zero-order valence-electron chi connectivity index (χ0n) is 24.0. The molecule has 0 saturated carbocycles. The smallest absolute Gasteiger partial charge is 0.338 e. The number of benzene rings is 2. The van der Waals surface area contributed by atoms with Crippen LogP contribution in [-0.4, -0.2) is 72.2 Å². The molecule has 1 fully saturated rings. The molecule has 220 valence electrons. The molecular formula is C31H33BrN4O5S. The van der Waals surface area contributed by atoms with E-state index >= 15 is 0 Å². The van der Waals surface area contributed by atoms with Crippen molar-refractivity contribution in [2.75, 3.05) is 39.8 Å². The van der Waals surface area contributed by atoms with Crippen molar-refractivity contribution in [3.63, 3.8) is 0 Å². The van der Waals surface area contributed by atoms with Gasteiger partial charge in [0.05, 0.1) is 27.9 Å². The van der Waals surface area contributed by atoms with Crippen LogP contribution in [0.15, 0.2) is 74.1 Å². The molecule has 0 N–H and O–H groups in total. The summed E-state index contributed by atoms with van der Waals surface area (Å²) in [5, 5.41) is 0. The quantitative estimate of drug-likeness (QED) is 0.364. The van der Waals surface area contributed by atoms with Crippen molar-refractivity contribution >= 4 is 45.2 Å². The van der Waals surface area contributed by atoms with Crippen molar-refractivity contribution in [2.24, 2.45) is 4.99 Å². The summed E-state index contributed by atoms with van der Waals surface area (Å²) in [7, 11) is 2.05. The number of hydrogen-bond acceptors (Lipinski definition) is 8. The minimum Gasteiger partial charge on any atom is -0.484 e. The first-order valence-corrected chi connectivity index (χ1v) is 15.4. The zero-order chi connectivity index (χ0) is 30.0. The third-order valence-corrected chi connectivity index (χ3v) is 8.68. The molecule has 42 heavy (non-hydrogen) atoms. The van der Waals surface area contributed by atoms with Gasteiger partial charge in [-0.05, 0) is 69.3 Å². The fourth-order valence-electron chi connectivity index (χ4n) is 4.92. The van der Waals surface area contributed by atoms with E-state index in [1.165, 1.54) is 11.3 Å². The summed E-state index contributed by atoms with van der Waals surface area (Å²) < 4.78 is 14.2. The van der Waals surface area contributed by atoms with Gasteiger partial charge < -0.3 is 19.3 Å². The second kappa shape index (κ2) is 12.8. The third kappa shape index (κ3) is 6.58. The minimum atomic E-state index is -0.670. The topological polar surface area (TPSA) is 93.4 Å². The van der Waals surface area contributed by atoms with Crippen LogP contribution in [0.25, 0.3) is 6.08 Å². The summed E-state index contributed by atoms with van der Waals surface area (Å²) in [5.41, 5.74) is 2.20. The van der Waals surface area contributed by atoms with Crippen LogP contribution in [0.1, 0.15) is 37.9 Å². The number of thiazole rings is 1. The van der Waals surface area contributed by atoms with Gasteiger partial charge in [0.1, 0.15) is 5.75 Å². The first-order valence-electron chi connectivity index (χ1n) is 13.8. The van der Waals surface area contributed by atoms with Gasteiger partial charge in [-0.2, -0.15) is 0 Å². The van der Waals surface area contributed by atoms with Crippen molar-refractivity contribution in [2.45, 2.75) is 32.9 Å². The number of hydrogen-bond donors (Lipinski definition) is 0. The van der Waals surface area contributed by atoms with E-state index in [0.717, 1.165) is 28.7 Å². The molecule has 0 bridgehead atoms. The number of likely N-dealkylation sites (N-methyl/N-ethyl adjacent to an activating group) is 1. The van der Waals surface area contributed by atoms with Gasteiger partial charge in [0.15, 0.2) is 11.4 Å².